The molecule has 0 aliphatic carbocycles. The van der Waals surface area contributed by atoms with E-state index in [2.05, 4.69) is 60.4 Å². The van der Waals surface area contributed by atoms with Crippen LogP contribution in [0.3, 0.4) is 0 Å². The Hall–Kier alpha value is -7.05. The lowest BCUT2D eigenvalue weighted by Crippen LogP contribution is -2.56. The molecule has 23 nitrogen and oxygen atoms in total. The van der Waals surface area contributed by atoms with E-state index in [4.69, 9.17) is 37.9 Å². The minimum absolute atomic E-state index is 0.00463. The van der Waals surface area contributed by atoms with Gasteiger partial charge in [0.05, 0.1) is 42.5 Å². The molecule has 21 atom stereocenters. The topological polar surface area (TPSA) is 282 Å². The highest BCUT2D eigenvalue weighted by molar-refractivity contribution is 6.01. The number of nitrogens with zero attached hydrogens (tertiary/aromatic N) is 6. The number of cyclic esters (lactones) is 2. The van der Waals surface area contributed by atoms with Gasteiger partial charge >= 0.3 is 24.1 Å². The molecule has 4 saturated heterocycles. The third-order valence-electron chi connectivity index (χ3n) is 22.4. The lowest BCUT2D eigenvalue weighted by molar-refractivity contribution is -0.284. The molecule has 8 rings (SSSR count). The van der Waals surface area contributed by atoms with E-state index in [0.29, 0.717) is 43.6 Å². The Morgan fingerprint density at radius 1 is 0.745 bits per heavy atom. The number of ketones is 4. The number of pyridine rings is 1. The number of Topliss-reactive ketones (excluding diaryl/α,β-unsaturated/α-hetero) is 4. The van der Waals surface area contributed by atoms with E-state index in [-0.39, 0.29) is 72.7 Å². The molecule has 0 radical (unpaired) electrons. The standard InChI is InChI=1S/C44H64N4O9.C35H52N2O8/c1-12-35-44(13-2)34(48(41(53)57-44)19-15-17-43(10,11)47-24-32(46-25-47)31-16-14-18-45-23-31)21-33(49)27(4)22-42(8,9)38(29(6)37(51)30(7)39(52)55-35)56-40-36(50)26(3)20-28(5)54-40;1-12-27-35(13-2,45-33(41)37-15-14-36-19-37)18-22(5)28(38)21(4)17-34(10,11)30(25(8)29(39)26(9)31(40)43-27)44-32-24(7)20(3)16-23(6)42-32/h13-14,16,18,23-30,34-36,38,40,50H,2,12,15,17,19-22H2,1,3-11H3;13-15,18-21,23-27,30,32H,2,12,16-17H2,1,3-11H3/b;22-18+/t26-,27+,28+,29-,30+,34+,35+,36+,38+,40?,44-;20-,21+,23+,24+,25-,26+,27+,30+,32?,35-/m00/s1. The zero-order valence-electron chi connectivity index (χ0n) is 64.0. The number of fused-ring (bicyclic) bond motifs is 1. The van der Waals surface area contributed by atoms with Gasteiger partial charge in [0.15, 0.2) is 41.1 Å². The quantitative estimate of drug-likeness (QED) is 0.0640. The molecule has 1 amide bonds. The maximum atomic E-state index is 14.4. The van der Waals surface area contributed by atoms with Gasteiger partial charge in [0.2, 0.25) is 0 Å². The molecular weight excluding hydrogens is 1300 g/mol. The molecule has 564 valence electrons. The number of hydrogen-bond donors (Lipinski definition) is 1. The fourth-order valence-electron chi connectivity index (χ4n) is 16.1. The van der Waals surface area contributed by atoms with Crippen molar-refractivity contribution < 1.29 is 81.4 Å². The Morgan fingerprint density at radius 2 is 1.31 bits per heavy atom. The Labute approximate surface area is 604 Å². The van der Waals surface area contributed by atoms with Crippen molar-refractivity contribution in [3.8, 4) is 11.3 Å². The van der Waals surface area contributed by atoms with Crippen LogP contribution in [0.25, 0.3) is 11.3 Å². The van der Waals surface area contributed by atoms with E-state index >= 15 is 0 Å². The average molecular weight is 1420 g/mol. The molecule has 0 aromatic carbocycles. The molecule has 0 spiro atoms. The number of carbonyl (C=O) groups is 8. The Morgan fingerprint density at radius 3 is 1.86 bits per heavy atom. The first-order chi connectivity index (χ1) is 47.7. The van der Waals surface area contributed by atoms with Gasteiger partial charge in [0, 0.05) is 84.6 Å². The molecule has 4 fully saturated rings. The molecule has 0 saturated carbocycles. The zero-order valence-corrected chi connectivity index (χ0v) is 64.0. The Balaban J connectivity index is 0.000000294. The van der Waals surface area contributed by atoms with E-state index in [1.807, 2.05) is 80.6 Å². The van der Waals surface area contributed by atoms with Gasteiger partial charge in [-0.3, -0.25) is 33.8 Å². The first kappa shape index (κ1) is 82.2. The predicted octanol–water partition coefficient (Wildman–Crippen LogP) is 13.2. The van der Waals surface area contributed by atoms with Crippen molar-refractivity contribution >= 4 is 47.3 Å². The lowest BCUT2D eigenvalue weighted by Gasteiger charge is -2.45. The average Bonchev–Trinajstić information content (AvgIpc) is 1.55. The number of amides is 1. The largest absolute Gasteiger partial charge is 0.457 e. The first-order valence-corrected chi connectivity index (χ1v) is 36.7. The van der Waals surface area contributed by atoms with Gasteiger partial charge in [-0.15, -0.1) is 0 Å². The number of hydrogen-bond acceptors (Lipinski definition) is 20. The molecule has 23 heteroatoms. The van der Waals surface area contributed by atoms with Crippen LogP contribution < -0.4 is 0 Å². The van der Waals surface area contributed by atoms with Gasteiger partial charge in [0.1, 0.15) is 42.3 Å². The summed E-state index contributed by atoms with van der Waals surface area (Å²) in [6, 6.07) is 2.99. The molecule has 5 aliphatic heterocycles. The summed E-state index contributed by atoms with van der Waals surface area (Å²) in [6.07, 6.45) is 11.9. The predicted molar refractivity (Wildman–Crippen MR) is 383 cm³/mol. The van der Waals surface area contributed by atoms with Crippen molar-refractivity contribution in [3.63, 3.8) is 0 Å². The van der Waals surface area contributed by atoms with Gasteiger partial charge < -0.3 is 52.5 Å². The summed E-state index contributed by atoms with van der Waals surface area (Å²) < 4.78 is 52.9. The molecule has 5 aliphatic rings. The highest BCUT2D eigenvalue weighted by atomic mass is 16.7. The summed E-state index contributed by atoms with van der Waals surface area (Å²) in [5.41, 5.74) is -3.07. The van der Waals surface area contributed by atoms with E-state index in [0.717, 1.165) is 22.2 Å². The molecular formula is C79H116N6O17. The van der Waals surface area contributed by atoms with Crippen LogP contribution in [0.4, 0.5) is 9.59 Å². The van der Waals surface area contributed by atoms with Crippen molar-refractivity contribution in [2.24, 2.45) is 64.1 Å². The van der Waals surface area contributed by atoms with Gasteiger partial charge in [0.25, 0.3) is 0 Å². The fourth-order valence-corrected chi connectivity index (χ4v) is 16.1. The second kappa shape index (κ2) is 33.8. The summed E-state index contributed by atoms with van der Waals surface area (Å²) in [5.74, 6) is -7.15. The molecule has 3 aromatic rings. The van der Waals surface area contributed by atoms with Crippen LogP contribution in [-0.4, -0.2) is 160 Å². The number of rotatable bonds is 15. The van der Waals surface area contributed by atoms with E-state index in [9.17, 15) is 43.5 Å². The molecule has 102 heavy (non-hydrogen) atoms. The fraction of sp³-hybridized carbons (Fsp3) is 0.684. The van der Waals surface area contributed by atoms with Crippen molar-refractivity contribution in [2.75, 3.05) is 6.54 Å². The highest BCUT2D eigenvalue weighted by Gasteiger charge is 2.59. The molecule has 1 N–H and O–H groups in total. The summed E-state index contributed by atoms with van der Waals surface area (Å²) in [6.45, 7) is 45.8. The zero-order chi connectivity index (χ0) is 75.9. The smallest absolute Gasteiger partial charge is 0.420 e. The number of aliphatic hydroxyl groups is 1. The van der Waals surface area contributed by atoms with Crippen LogP contribution in [0.2, 0.25) is 0 Å². The number of aromatic nitrogens is 5. The van der Waals surface area contributed by atoms with Crippen molar-refractivity contribution in [1.29, 1.82) is 0 Å². The monoisotopic (exact) mass is 1420 g/mol. The van der Waals surface area contributed by atoms with Crippen LogP contribution >= 0.6 is 0 Å². The molecule has 3 aromatic heterocycles. The first-order valence-electron chi connectivity index (χ1n) is 36.7. The lowest BCUT2D eigenvalue weighted by atomic mass is 9.70. The van der Waals surface area contributed by atoms with Crippen LogP contribution in [-0.2, 0) is 72.2 Å². The highest BCUT2D eigenvalue weighted by Crippen LogP contribution is 2.46. The van der Waals surface area contributed by atoms with Crippen molar-refractivity contribution in [3.05, 3.63) is 92.7 Å². The summed E-state index contributed by atoms with van der Waals surface area (Å²) >= 11 is 0. The maximum absolute atomic E-state index is 14.4. The van der Waals surface area contributed by atoms with E-state index < -0.39 is 137 Å². The molecule has 0 bridgehead atoms. The van der Waals surface area contributed by atoms with Gasteiger partial charge in [-0.1, -0.05) is 103 Å². The second-order valence-corrected chi connectivity index (χ2v) is 31.9. The van der Waals surface area contributed by atoms with Gasteiger partial charge in [-0.2, -0.15) is 0 Å². The third-order valence-corrected chi connectivity index (χ3v) is 22.4. The third kappa shape index (κ3) is 18.3. The van der Waals surface area contributed by atoms with Crippen molar-refractivity contribution in [1.82, 2.24) is 29.0 Å². The number of carbonyl (C=O) groups excluding carboxylic acids is 8. The number of aliphatic hydroxyl groups excluding tert-OH is 1. The number of imidazole rings is 2. The van der Waals surface area contributed by atoms with Gasteiger partial charge in [-0.05, 0) is 158 Å². The molecule has 2 unspecified atom stereocenters. The number of allylic oxidation sites excluding steroid dienone is 1. The van der Waals surface area contributed by atoms with Gasteiger partial charge in [-0.25, -0.2) is 24.1 Å². The van der Waals surface area contributed by atoms with Crippen molar-refractivity contribution in [2.45, 2.75) is 274 Å². The molecule has 8 heterocycles. The number of esters is 2. The summed E-state index contributed by atoms with van der Waals surface area (Å²) in [5, 5.41) is 11.1. The Kier molecular flexibility index (Phi) is 27.3. The number of ether oxygens (including phenoxy) is 8. The van der Waals surface area contributed by atoms with E-state index in [1.165, 1.54) is 50.8 Å². The minimum atomic E-state index is -1.70. The summed E-state index contributed by atoms with van der Waals surface area (Å²) in [4.78, 5) is 125. The Bertz CT molecular complexity index is 3470. The van der Waals surface area contributed by atoms with Crippen LogP contribution in [0.15, 0.2) is 92.7 Å². The van der Waals surface area contributed by atoms with Crippen LogP contribution in [0, 0.1) is 64.1 Å². The SMILES string of the molecule is C=C[C@]1(OC(=O)n2ccnc2)/C=C(\C)C(=O)[C@H](C)CC(C)(C)[C@H](OC2O[C@H](C)C[C@H](C)[C@H]2C)[C@@H](C)C(=O)[C@@H](C)C(=O)O[C@@H]1CC.C=C[C@]12OC(=O)N(CCCC(C)(C)n3cnc(-c4cccnc4)c3)[C@@H]1CC(=O)[C@H](C)CC(C)(C)[C@H](OC1O[C@H](C)C[C@H](C)[C@H]1O)[C@@H](C)C(=O)[C@@H](C)C(=O)O[C@@H]2CC. The van der Waals surface area contributed by atoms with E-state index in [1.54, 1.807) is 58.2 Å². The maximum Gasteiger partial charge on any atom is 0.420 e. The van der Waals surface area contributed by atoms with Crippen LogP contribution in [0.5, 0.6) is 0 Å². The van der Waals surface area contributed by atoms with Crippen LogP contribution in [0.1, 0.15) is 196 Å². The summed E-state index contributed by atoms with van der Waals surface area (Å²) in [7, 11) is 0. The second-order valence-electron chi connectivity index (χ2n) is 31.9. The normalized spacial score (nSPS) is 35.9. The minimum Gasteiger partial charge on any atom is -0.457 e.